The Balaban J connectivity index is 2.70. The minimum absolute atomic E-state index is 0.0269. The van der Waals surface area contributed by atoms with E-state index in [1.54, 1.807) is 0 Å². The summed E-state index contributed by atoms with van der Waals surface area (Å²) in [6.45, 7) is 0. The monoisotopic (exact) mass is 274 g/mol. The van der Waals surface area contributed by atoms with Crippen LogP contribution in [0.25, 0.3) is 0 Å². The molecule has 1 saturated carbocycles. The van der Waals surface area contributed by atoms with Crippen LogP contribution in [0, 0.1) is 17.5 Å². The molecule has 1 aliphatic carbocycles. The number of rotatable bonds is 2. The zero-order chi connectivity index (χ0) is 14.2. The lowest BCUT2D eigenvalue weighted by molar-refractivity contribution is -0.145. The molecule has 0 aromatic heterocycles. The fourth-order valence-electron chi connectivity index (χ4n) is 2.74. The van der Waals surface area contributed by atoms with E-state index in [-0.39, 0.29) is 12.8 Å². The van der Waals surface area contributed by atoms with Crippen molar-refractivity contribution in [3.8, 4) is 5.75 Å². The molecule has 0 unspecified atom stereocenters. The summed E-state index contributed by atoms with van der Waals surface area (Å²) in [6.07, 6.45) is 1.79. The molecule has 2 N–H and O–H groups in total. The Hall–Kier alpha value is -1.72. The van der Waals surface area contributed by atoms with Crippen molar-refractivity contribution >= 4 is 5.97 Å². The summed E-state index contributed by atoms with van der Waals surface area (Å²) in [6, 6.07) is 0.312. The van der Waals surface area contributed by atoms with Gasteiger partial charge in [0.25, 0.3) is 0 Å². The van der Waals surface area contributed by atoms with Crippen LogP contribution in [-0.2, 0) is 10.2 Å². The molecular formula is C13H13F3O3. The molecule has 6 heteroatoms. The zero-order valence-electron chi connectivity index (χ0n) is 10.0. The van der Waals surface area contributed by atoms with Crippen LogP contribution in [0.3, 0.4) is 0 Å². The molecule has 0 heterocycles. The lowest BCUT2D eigenvalue weighted by Gasteiger charge is -2.34. The average molecular weight is 274 g/mol. The van der Waals surface area contributed by atoms with E-state index in [1.165, 1.54) is 0 Å². The van der Waals surface area contributed by atoms with Crippen molar-refractivity contribution in [3.05, 3.63) is 29.1 Å². The number of carbonyl (C=O) groups is 1. The molecule has 0 bridgehead atoms. The minimum atomic E-state index is -1.80. The first-order valence-electron chi connectivity index (χ1n) is 6.00. The molecule has 1 aromatic carbocycles. The predicted molar refractivity (Wildman–Crippen MR) is 60.4 cm³/mol. The van der Waals surface area contributed by atoms with Gasteiger partial charge in [0.1, 0.15) is 0 Å². The molecule has 0 amide bonds. The summed E-state index contributed by atoms with van der Waals surface area (Å²) in [4.78, 5) is 11.5. The van der Waals surface area contributed by atoms with Gasteiger partial charge in [0.15, 0.2) is 23.2 Å². The highest BCUT2D eigenvalue weighted by Crippen LogP contribution is 2.44. The van der Waals surface area contributed by atoms with Gasteiger partial charge in [0.05, 0.1) is 5.41 Å². The Morgan fingerprint density at radius 1 is 1.11 bits per heavy atom. The van der Waals surface area contributed by atoms with Crippen LogP contribution in [-0.4, -0.2) is 16.2 Å². The van der Waals surface area contributed by atoms with E-state index in [2.05, 4.69) is 0 Å². The maximum atomic E-state index is 13.9. The Labute approximate surface area is 107 Å². The number of carboxylic acid groups (broad SMARTS) is 1. The van der Waals surface area contributed by atoms with Crippen LogP contribution in [0.4, 0.5) is 13.2 Å². The van der Waals surface area contributed by atoms with Gasteiger partial charge in [-0.3, -0.25) is 4.79 Å². The quantitative estimate of drug-likeness (QED) is 0.815. The second-order valence-electron chi connectivity index (χ2n) is 4.83. The molecule has 1 fully saturated rings. The number of aromatic hydroxyl groups is 1. The van der Waals surface area contributed by atoms with Gasteiger partial charge in [-0.2, -0.15) is 0 Å². The Morgan fingerprint density at radius 3 is 2.21 bits per heavy atom. The van der Waals surface area contributed by atoms with Crippen LogP contribution in [0.15, 0.2) is 6.07 Å². The SMILES string of the molecule is O=C(O)C1(c2c(F)c(O)cc(F)c2F)CCCCC1. The molecule has 3 nitrogen and oxygen atoms in total. The summed E-state index contributed by atoms with van der Waals surface area (Å²) in [5.41, 5.74) is -2.66. The number of halogens is 3. The van der Waals surface area contributed by atoms with E-state index in [1.807, 2.05) is 0 Å². The first-order valence-corrected chi connectivity index (χ1v) is 6.00. The maximum Gasteiger partial charge on any atom is 0.314 e. The largest absolute Gasteiger partial charge is 0.505 e. The van der Waals surface area contributed by atoms with Crippen LogP contribution in [0.5, 0.6) is 5.75 Å². The van der Waals surface area contributed by atoms with Gasteiger partial charge in [-0.25, -0.2) is 13.2 Å². The van der Waals surface area contributed by atoms with Gasteiger partial charge in [-0.05, 0) is 12.8 Å². The third kappa shape index (κ3) is 2.05. The number of phenols is 1. The topological polar surface area (TPSA) is 57.5 Å². The molecule has 0 aliphatic heterocycles. The van der Waals surface area contributed by atoms with Gasteiger partial charge >= 0.3 is 5.97 Å². The second kappa shape index (κ2) is 4.75. The third-order valence-corrected chi connectivity index (χ3v) is 3.73. The van der Waals surface area contributed by atoms with Crippen molar-refractivity contribution in [1.29, 1.82) is 0 Å². The number of hydrogen-bond acceptors (Lipinski definition) is 2. The number of aliphatic carboxylic acids is 1. The standard InChI is InChI=1S/C13H13F3O3/c14-7-6-8(17)11(16)9(10(7)15)13(12(18)19)4-2-1-3-5-13/h6,17H,1-5H2,(H,18,19). The van der Waals surface area contributed by atoms with Crippen LogP contribution in [0.2, 0.25) is 0 Å². The highest BCUT2D eigenvalue weighted by Gasteiger charge is 2.46. The molecule has 1 aromatic rings. The van der Waals surface area contributed by atoms with Crippen LogP contribution < -0.4 is 0 Å². The second-order valence-corrected chi connectivity index (χ2v) is 4.83. The summed E-state index contributed by atoms with van der Waals surface area (Å²) in [7, 11) is 0. The van der Waals surface area contributed by atoms with Crippen molar-refractivity contribution in [2.75, 3.05) is 0 Å². The van der Waals surface area contributed by atoms with Crippen molar-refractivity contribution < 1.29 is 28.2 Å². The van der Waals surface area contributed by atoms with Crippen LogP contribution in [0.1, 0.15) is 37.7 Å². The van der Waals surface area contributed by atoms with Crippen molar-refractivity contribution in [1.82, 2.24) is 0 Å². The maximum absolute atomic E-state index is 13.9. The number of phenolic OH excluding ortho intramolecular Hbond substituents is 1. The smallest absolute Gasteiger partial charge is 0.314 e. The fraction of sp³-hybridized carbons (Fsp3) is 0.462. The van der Waals surface area contributed by atoms with E-state index in [0.717, 1.165) is 6.42 Å². The molecule has 0 atom stereocenters. The Kier molecular flexibility index (Phi) is 3.43. The molecule has 2 rings (SSSR count). The molecule has 104 valence electrons. The number of carboxylic acids is 1. The first-order chi connectivity index (χ1) is 8.90. The average Bonchev–Trinajstić information content (AvgIpc) is 2.37. The van der Waals surface area contributed by atoms with Crippen LogP contribution >= 0.6 is 0 Å². The number of hydrogen-bond donors (Lipinski definition) is 2. The molecule has 1 aliphatic rings. The molecule has 0 radical (unpaired) electrons. The normalized spacial score (nSPS) is 18.3. The van der Waals surface area contributed by atoms with Crippen molar-refractivity contribution in [3.63, 3.8) is 0 Å². The highest BCUT2D eigenvalue weighted by atomic mass is 19.2. The lowest BCUT2D eigenvalue weighted by atomic mass is 9.69. The molecule has 0 spiro atoms. The Bertz CT molecular complexity index is 496. The fourth-order valence-corrected chi connectivity index (χ4v) is 2.74. The van der Waals surface area contributed by atoms with E-state index in [4.69, 9.17) is 0 Å². The summed E-state index contributed by atoms with van der Waals surface area (Å²) in [5.74, 6) is -6.82. The van der Waals surface area contributed by atoms with Crippen molar-refractivity contribution in [2.24, 2.45) is 0 Å². The van der Waals surface area contributed by atoms with Crippen molar-refractivity contribution in [2.45, 2.75) is 37.5 Å². The third-order valence-electron chi connectivity index (χ3n) is 3.73. The minimum Gasteiger partial charge on any atom is -0.505 e. The predicted octanol–water partition coefficient (Wildman–Crippen LogP) is 3.10. The van der Waals surface area contributed by atoms with E-state index in [9.17, 15) is 28.2 Å². The highest BCUT2D eigenvalue weighted by molar-refractivity contribution is 5.82. The van der Waals surface area contributed by atoms with Gasteiger partial charge in [-0.1, -0.05) is 19.3 Å². The van der Waals surface area contributed by atoms with E-state index < -0.39 is 40.1 Å². The summed E-state index contributed by atoms with van der Waals surface area (Å²) in [5, 5.41) is 18.6. The molecule has 19 heavy (non-hydrogen) atoms. The lowest BCUT2D eigenvalue weighted by Crippen LogP contribution is -2.39. The number of benzene rings is 1. The Morgan fingerprint density at radius 2 is 1.68 bits per heavy atom. The van der Waals surface area contributed by atoms with E-state index in [0.29, 0.717) is 18.9 Å². The summed E-state index contributed by atoms with van der Waals surface area (Å²) >= 11 is 0. The molecular weight excluding hydrogens is 261 g/mol. The molecule has 0 saturated heterocycles. The van der Waals surface area contributed by atoms with Gasteiger partial charge in [0, 0.05) is 11.6 Å². The first kappa shape index (κ1) is 13.7. The van der Waals surface area contributed by atoms with Gasteiger partial charge < -0.3 is 10.2 Å². The summed E-state index contributed by atoms with van der Waals surface area (Å²) < 4.78 is 41.1. The zero-order valence-corrected chi connectivity index (χ0v) is 10.0. The van der Waals surface area contributed by atoms with Gasteiger partial charge in [-0.15, -0.1) is 0 Å². The van der Waals surface area contributed by atoms with E-state index >= 15 is 0 Å². The van der Waals surface area contributed by atoms with Gasteiger partial charge in [0.2, 0.25) is 0 Å².